The second kappa shape index (κ2) is 19.1. The second-order valence-electron chi connectivity index (χ2n) is 15.3. The van der Waals surface area contributed by atoms with Gasteiger partial charge in [-0.05, 0) is 95.7 Å². The Balaban J connectivity index is 1.27. The van der Waals surface area contributed by atoms with Crippen molar-refractivity contribution in [2.45, 2.75) is 90.5 Å². The Morgan fingerprint density at radius 2 is 1.46 bits per heavy atom. The monoisotopic (exact) mass is 755 g/mol. The van der Waals surface area contributed by atoms with Crippen LogP contribution in [0, 0.1) is 0 Å². The standard InChI is InChI=1S/C43H57N3O7Si/c1-29(44-27-40(53-54(7,8)43(2,3)4)35-17-18-37(48)36(24-35)28-47)20-31-10-9-11-32(21-31)23-41(49)45-25-30-12-15-34(16-13-30)42(50)46-26-33-14-19-38(51-5)39(22-33)52-6/h9-19,21-22,24,29,40,44,47-48H,20,23,25-28H2,1-8H3,(H,45,49)(H,46,50)/t29-,40+/m1/s1. The van der Waals surface area contributed by atoms with Crippen LogP contribution in [0.1, 0.15) is 77.5 Å². The lowest BCUT2D eigenvalue weighted by molar-refractivity contribution is -0.120. The van der Waals surface area contributed by atoms with Gasteiger partial charge in [0.2, 0.25) is 5.91 Å². The van der Waals surface area contributed by atoms with E-state index in [1.165, 1.54) is 0 Å². The largest absolute Gasteiger partial charge is 0.508 e. The normalized spacial score (nSPS) is 12.8. The quantitative estimate of drug-likeness (QED) is 0.0687. The fraction of sp³-hybridized carbons (Fsp3) is 0.395. The van der Waals surface area contributed by atoms with E-state index in [2.05, 4.69) is 68.9 Å². The molecule has 54 heavy (non-hydrogen) atoms. The van der Waals surface area contributed by atoms with Crippen LogP contribution in [-0.2, 0) is 41.8 Å². The first-order chi connectivity index (χ1) is 25.6. The molecule has 10 nitrogen and oxygen atoms in total. The predicted octanol–water partition coefficient (Wildman–Crippen LogP) is 6.97. The number of phenols is 1. The first kappa shape index (κ1) is 42.1. The lowest BCUT2D eigenvalue weighted by Crippen LogP contribution is -2.44. The van der Waals surface area contributed by atoms with E-state index in [9.17, 15) is 19.8 Å². The van der Waals surface area contributed by atoms with Gasteiger partial charge in [0, 0.05) is 36.8 Å². The van der Waals surface area contributed by atoms with Crippen LogP contribution in [-0.4, -0.2) is 57.2 Å². The molecule has 4 aromatic rings. The molecule has 0 fully saturated rings. The smallest absolute Gasteiger partial charge is 0.251 e. The van der Waals surface area contributed by atoms with Gasteiger partial charge in [-0.1, -0.05) is 69.3 Å². The first-order valence-electron chi connectivity index (χ1n) is 18.4. The zero-order chi connectivity index (χ0) is 39.5. The molecule has 0 aliphatic carbocycles. The number of aromatic hydroxyl groups is 1. The lowest BCUT2D eigenvalue weighted by atomic mass is 10.0. The number of methoxy groups -OCH3 is 2. The van der Waals surface area contributed by atoms with Crippen molar-refractivity contribution in [3.05, 3.63) is 124 Å². The molecular formula is C43H57N3O7Si. The highest BCUT2D eigenvalue weighted by atomic mass is 28.4. The van der Waals surface area contributed by atoms with Gasteiger partial charge in [0.05, 0.1) is 33.4 Å². The van der Waals surface area contributed by atoms with Crippen LogP contribution in [0.2, 0.25) is 18.1 Å². The zero-order valence-electron chi connectivity index (χ0n) is 32.9. The second-order valence-corrected chi connectivity index (χ2v) is 20.0. The van der Waals surface area contributed by atoms with Crippen LogP contribution < -0.4 is 25.4 Å². The molecule has 4 rings (SSSR count). The molecule has 0 heterocycles. The van der Waals surface area contributed by atoms with Crippen LogP contribution in [0.15, 0.2) is 84.9 Å². The van der Waals surface area contributed by atoms with E-state index in [4.69, 9.17) is 13.9 Å². The Morgan fingerprint density at radius 3 is 2.13 bits per heavy atom. The summed E-state index contributed by atoms with van der Waals surface area (Å²) in [6.45, 7) is 14.2. The topological polar surface area (TPSA) is 138 Å². The average Bonchev–Trinajstić information content (AvgIpc) is 3.14. The number of aliphatic hydroxyl groups excluding tert-OH is 1. The van der Waals surface area contributed by atoms with E-state index >= 15 is 0 Å². The molecule has 4 aromatic carbocycles. The van der Waals surface area contributed by atoms with Gasteiger partial charge in [0.1, 0.15) is 5.75 Å². The number of benzene rings is 4. The van der Waals surface area contributed by atoms with E-state index in [0.717, 1.165) is 34.2 Å². The number of hydrogen-bond donors (Lipinski definition) is 5. The minimum atomic E-state index is -2.14. The van der Waals surface area contributed by atoms with Crippen molar-refractivity contribution in [2.24, 2.45) is 0 Å². The summed E-state index contributed by atoms with van der Waals surface area (Å²) in [4.78, 5) is 25.7. The minimum absolute atomic E-state index is 0.0123. The van der Waals surface area contributed by atoms with Crippen molar-refractivity contribution in [3.8, 4) is 17.2 Å². The number of aliphatic hydroxyl groups is 1. The molecular weight excluding hydrogens is 699 g/mol. The van der Waals surface area contributed by atoms with Gasteiger partial charge in [0.15, 0.2) is 19.8 Å². The number of carbonyl (C=O) groups is 2. The molecule has 11 heteroatoms. The van der Waals surface area contributed by atoms with E-state index < -0.39 is 8.32 Å². The summed E-state index contributed by atoms with van der Waals surface area (Å²) in [5.41, 5.74) is 5.75. The summed E-state index contributed by atoms with van der Waals surface area (Å²) < 4.78 is 17.5. The molecule has 0 radical (unpaired) electrons. The number of nitrogens with one attached hydrogen (secondary N) is 3. The average molecular weight is 756 g/mol. The number of ether oxygens (including phenoxy) is 2. The van der Waals surface area contributed by atoms with Crippen molar-refractivity contribution >= 4 is 20.1 Å². The highest BCUT2D eigenvalue weighted by Gasteiger charge is 2.39. The number of carbonyl (C=O) groups excluding carboxylic acids is 2. The van der Waals surface area contributed by atoms with Gasteiger partial charge >= 0.3 is 0 Å². The van der Waals surface area contributed by atoms with Gasteiger partial charge in [-0.25, -0.2) is 0 Å². The van der Waals surface area contributed by atoms with Crippen molar-refractivity contribution in [1.29, 1.82) is 0 Å². The number of amides is 2. The van der Waals surface area contributed by atoms with E-state index in [1.54, 1.807) is 38.5 Å². The molecule has 0 aliphatic heterocycles. The van der Waals surface area contributed by atoms with Gasteiger partial charge in [-0.2, -0.15) is 0 Å². The van der Waals surface area contributed by atoms with Gasteiger partial charge < -0.3 is 40.1 Å². The molecule has 0 bridgehead atoms. The van der Waals surface area contributed by atoms with E-state index in [1.807, 2.05) is 48.5 Å². The molecule has 0 saturated carbocycles. The third kappa shape index (κ3) is 11.9. The third-order valence-electron chi connectivity index (χ3n) is 10.0. The molecule has 0 spiro atoms. The summed E-state index contributed by atoms with van der Waals surface area (Å²) in [5.74, 6) is 1.02. The molecule has 2 atom stereocenters. The zero-order valence-corrected chi connectivity index (χ0v) is 33.9. The molecule has 2 amide bonds. The molecule has 0 saturated heterocycles. The van der Waals surface area contributed by atoms with Crippen molar-refractivity contribution in [2.75, 3.05) is 20.8 Å². The maximum absolute atomic E-state index is 12.9. The van der Waals surface area contributed by atoms with Crippen LogP contribution in [0.25, 0.3) is 0 Å². The highest BCUT2D eigenvalue weighted by molar-refractivity contribution is 6.74. The van der Waals surface area contributed by atoms with Crippen LogP contribution in [0.3, 0.4) is 0 Å². The van der Waals surface area contributed by atoms with Crippen LogP contribution >= 0.6 is 0 Å². The fourth-order valence-corrected chi connectivity index (χ4v) is 7.07. The van der Waals surface area contributed by atoms with Crippen molar-refractivity contribution < 1.29 is 33.7 Å². The Morgan fingerprint density at radius 1 is 0.796 bits per heavy atom. The third-order valence-corrected chi connectivity index (χ3v) is 14.5. The molecule has 0 unspecified atom stereocenters. The van der Waals surface area contributed by atoms with Gasteiger partial charge in [-0.3, -0.25) is 9.59 Å². The first-order valence-corrected chi connectivity index (χ1v) is 21.3. The Hall–Kier alpha value is -4.68. The molecule has 0 aromatic heterocycles. The van der Waals surface area contributed by atoms with Crippen molar-refractivity contribution in [1.82, 2.24) is 16.0 Å². The number of hydrogen-bond acceptors (Lipinski definition) is 8. The van der Waals surface area contributed by atoms with Gasteiger partial charge in [0.25, 0.3) is 5.91 Å². The molecule has 290 valence electrons. The lowest BCUT2D eigenvalue weighted by Gasteiger charge is -2.40. The SMILES string of the molecule is COc1ccc(CNC(=O)c2ccc(CNC(=O)Cc3cccc(C[C@@H](C)NC[C@H](O[Si](C)(C)C(C)(C)C)c4ccc(O)c(CO)c4)c3)cc2)cc1OC. The van der Waals surface area contributed by atoms with E-state index in [0.29, 0.717) is 42.3 Å². The maximum atomic E-state index is 12.9. The highest BCUT2D eigenvalue weighted by Crippen LogP contribution is 2.40. The summed E-state index contributed by atoms with van der Waals surface area (Å²) in [5, 5.41) is 29.5. The predicted molar refractivity (Wildman–Crippen MR) is 215 cm³/mol. The van der Waals surface area contributed by atoms with E-state index in [-0.39, 0.29) is 47.8 Å². The number of rotatable bonds is 18. The summed E-state index contributed by atoms with van der Waals surface area (Å²) in [7, 11) is 1.01. The Bertz CT molecular complexity index is 1860. The summed E-state index contributed by atoms with van der Waals surface area (Å²) in [6, 6.07) is 26.2. The summed E-state index contributed by atoms with van der Waals surface area (Å²) >= 11 is 0. The van der Waals surface area contributed by atoms with Crippen molar-refractivity contribution in [3.63, 3.8) is 0 Å². The van der Waals surface area contributed by atoms with Crippen LogP contribution in [0.5, 0.6) is 17.2 Å². The maximum Gasteiger partial charge on any atom is 0.251 e. The Kier molecular flexibility index (Phi) is 14.9. The Labute approximate surface area is 321 Å². The molecule has 5 N–H and O–H groups in total. The minimum Gasteiger partial charge on any atom is -0.508 e. The fourth-order valence-electron chi connectivity index (χ4n) is 5.79. The summed E-state index contributed by atoms with van der Waals surface area (Å²) in [6.07, 6.45) is 0.759. The van der Waals surface area contributed by atoms with Crippen LogP contribution in [0.4, 0.5) is 0 Å². The van der Waals surface area contributed by atoms with Gasteiger partial charge in [-0.15, -0.1) is 0 Å². The molecule has 0 aliphatic rings.